The van der Waals surface area contributed by atoms with Crippen LogP contribution in [0.2, 0.25) is 0 Å². The standard InChI is InChI=1S/C14H26N4O2S/c1-5-18(10-6-9-17(3)4)21(19,20)14-8-7-13(11-15-2)12-16-14/h7-8,12,15H,5-6,9-11H2,1-4H3. The van der Waals surface area contributed by atoms with Gasteiger partial charge in [0.25, 0.3) is 10.0 Å². The Balaban J connectivity index is 2.80. The van der Waals surface area contributed by atoms with E-state index in [9.17, 15) is 8.42 Å². The number of sulfonamides is 1. The number of rotatable bonds is 9. The summed E-state index contributed by atoms with van der Waals surface area (Å²) in [5.41, 5.74) is 0.965. The van der Waals surface area contributed by atoms with Crippen LogP contribution in [-0.2, 0) is 16.6 Å². The highest BCUT2D eigenvalue weighted by atomic mass is 32.2. The van der Waals surface area contributed by atoms with Crippen LogP contribution >= 0.6 is 0 Å². The van der Waals surface area contributed by atoms with Crippen LogP contribution in [0.3, 0.4) is 0 Å². The minimum atomic E-state index is -3.50. The van der Waals surface area contributed by atoms with Crippen molar-refractivity contribution in [1.82, 2.24) is 19.5 Å². The Bertz CT molecular complexity index is 514. The topological polar surface area (TPSA) is 65.5 Å². The number of hydrogen-bond acceptors (Lipinski definition) is 5. The summed E-state index contributed by atoms with van der Waals surface area (Å²) in [5.74, 6) is 0. The molecule has 0 aliphatic carbocycles. The minimum Gasteiger partial charge on any atom is -0.316 e. The number of aromatic nitrogens is 1. The monoisotopic (exact) mass is 314 g/mol. The van der Waals surface area contributed by atoms with Gasteiger partial charge in [-0.15, -0.1) is 0 Å². The zero-order valence-corrected chi connectivity index (χ0v) is 14.2. The van der Waals surface area contributed by atoms with E-state index in [0.717, 1.165) is 18.5 Å². The molecule has 1 aromatic rings. The molecule has 0 aromatic carbocycles. The van der Waals surface area contributed by atoms with Crippen LogP contribution in [-0.4, -0.2) is 63.4 Å². The summed E-state index contributed by atoms with van der Waals surface area (Å²) in [5, 5.41) is 3.13. The van der Waals surface area contributed by atoms with Gasteiger partial charge in [-0.05, 0) is 45.7 Å². The molecule has 0 bridgehead atoms. The van der Waals surface area contributed by atoms with Crippen molar-refractivity contribution in [2.24, 2.45) is 0 Å². The molecule has 0 aliphatic heterocycles. The summed E-state index contributed by atoms with van der Waals surface area (Å²) in [6.07, 6.45) is 2.41. The van der Waals surface area contributed by atoms with Gasteiger partial charge in [0.15, 0.2) is 5.03 Å². The van der Waals surface area contributed by atoms with Crippen molar-refractivity contribution >= 4 is 10.0 Å². The molecule has 0 fully saturated rings. The van der Waals surface area contributed by atoms with E-state index in [-0.39, 0.29) is 5.03 Å². The molecule has 0 spiro atoms. The van der Waals surface area contributed by atoms with E-state index in [0.29, 0.717) is 19.6 Å². The van der Waals surface area contributed by atoms with Crippen molar-refractivity contribution in [3.8, 4) is 0 Å². The van der Waals surface area contributed by atoms with Gasteiger partial charge in [0.05, 0.1) is 0 Å². The minimum absolute atomic E-state index is 0.119. The molecular formula is C14H26N4O2S. The second-order valence-corrected chi connectivity index (χ2v) is 7.07. The zero-order valence-electron chi connectivity index (χ0n) is 13.3. The first-order valence-electron chi connectivity index (χ1n) is 7.16. The molecule has 1 aromatic heterocycles. The molecule has 0 radical (unpaired) electrons. The summed E-state index contributed by atoms with van der Waals surface area (Å²) >= 11 is 0. The Morgan fingerprint density at radius 1 is 1.24 bits per heavy atom. The molecule has 0 atom stereocenters. The highest BCUT2D eigenvalue weighted by Crippen LogP contribution is 2.14. The molecule has 0 saturated heterocycles. The van der Waals surface area contributed by atoms with Crippen LogP contribution in [0.15, 0.2) is 23.4 Å². The summed E-state index contributed by atoms with van der Waals surface area (Å²) in [6, 6.07) is 3.38. The van der Waals surface area contributed by atoms with Gasteiger partial charge in [0.2, 0.25) is 0 Å². The lowest BCUT2D eigenvalue weighted by atomic mass is 10.3. The molecule has 1 heterocycles. The van der Waals surface area contributed by atoms with Gasteiger partial charge in [-0.1, -0.05) is 13.0 Å². The van der Waals surface area contributed by atoms with Crippen molar-refractivity contribution in [3.05, 3.63) is 23.9 Å². The Kier molecular flexibility index (Phi) is 7.24. The van der Waals surface area contributed by atoms with Gasteiger partial charge < -0.3 is 10.2 Å². The maximum atomic E-state index is 12.5. The molecule has 0 aliphatic rings. The van der Waals surface area contributed by atoms with E-state index < -0.39 is 10.0 Å². The van der Waals surface area contributed by atoms with Crippen molar-refractivity contribution in [1.29, 1.82) is 0 Å². The van der Waals surface area contributed by atoms with Gasteiger partial charge in [-0.3, -0.25) is 0 Å². The van der Waals surface area contributed by atoms with Crippen LogP contribution in [0.4, 0.5) is 0 Å². The third-order valence-corrected chi connectivity index (χ3v) is 5.04. The molecule has 0 saturated carbocycles. The molecule has 1 N–H and O–H groups in total. The zero-order chi connectivity index (χ0) is 15.9. The van der Waals surface area contributed by atoms with Crippen LogP contribution in [0.25, 0.3) is 0 Å². The van der Waals surface area contributed by atoms with E-state index in [2.05, 4.69) is 10.3 Å². The van der Waals surface area contributed by atoms with Crippen molar-refractivity contribution in [2.45, 2.75) is 24.9 Å². The van der Waals surface area contributed by atoms with E-state index in [1.807, 2.05) is 33.0 Å². The van der Waals surface area contributed by atoms with Gasteiger partial charge in [-0.25, -0.2) is 13.4 Å². The maximum Gasteiger partial charge on any atom is 0.260 e. The average Bonchev–Trinajstić information content (AvgIpc) is 2.44. The third-order valence-electron chi connectivity index (χ3n) is 3.15. The summed E-state index contributed by atoms with van der Waals surface area (Å²) in [4.78, 5) is 6.15. The lowest BCUT2D eigenvalue weighted by Gasteiger charge is -2.21. The Hall–Kier alpha value is -1.02. The van der Waals surface area contributed by atoms with Crippen molar-refractivity contribution in [3.63, 3.8) is 0 Å². The lowest BCUT2D eigenvalue weighted by molar-refractivity contribution is 0.355. The second-order valence-electron chi connectivity index (χ2n) is 5.19. The van der Waals surface area contributed by atoms with Crippen LogP contribution in [0, 0.1) is 0 Å². The highest BCUT2D eigenvalue weighted by Gasteiger charge is 2.23. The molecular weight excluding hydrogens is 288 g/mol. The summed E-state index contributed by atoms with van der Waals surface area (Å²) in [6.45, 7) is 4.35. The number of hydrogen-bond donors (Lipinski definition) is 1. The number of nitrogens with one attached hydrogen (secondary N) is 1. The van der Waals surface area contributed by atoms with Crippen LogP contribution < -0.4 is 5.32 Å². The Morgan fingerprint density at radius 3 is 2.43 bits per heavy atom. The van der Waals surface area contributed by atoms with Crippen LogP contribution in [0.5, 0.6) is 0 Å². The predicted octanol–water partition coefficient (Wildman–Crippen LogP) is 0.763. The maximum absolute atomic E-state index is 12.5. The number of nitrogens with zero attached hydrogens (tertiary/aromatic N) is 3. The Morgan fingerprint density at radius 2 is 1.95 bits per heavy atom. The molecule has 21 heavy (non-hydrogen) atoms. The fourth-order valence-corrected chi connectivity index (χ4v) is 3.42. The fraction of sp³-hybridized carbons (Fsp3) is 0.643. The quantitative estimate of drug-likeness (QED) is 0.729. The van der Waals surface area contributed by atoms with E-state index in [1.165, 1.54) is 4.31 Å². The van der Waals surface area contributed by atoms with E-state index in [4.69, 9.17) is 0 Å². The average molecular weight is 314 g/mol. The first kappa shape index (κ1) is 18.0. The third kappa shape index (κ3) is 5.35. The SMILES string of the molecule is CCN(CCCN(C)C)S(=O)(=O)c1ccc(CNC)cn1. The normalized spacial score (nSPS) is 12.3. The van der Waals surface area contributed by atoms with Gasteiger partial charge in [0, 0.05) is 25.8 Å². The summed E-state index contributed by atoms with van der Waals surface area (Å²) in [7, 11) is 2.30. The van der Waals surface area contributed by atoms with Crippen LogP contribution in [0.1, 0.15) is 18.9 Å². The molecule has 0 unspecified atom stereocenters. The van der Waals surface area contributed by atoms with Gasteiger partial charge in [-0.2, -0.15) is 4.31 Å². The molecule has 0 amide bonds. The first-order chi connectivity index (χ1) is 9.91. The second kappa shape index (κ2) is 8.43. The number of pyridine rings is 1. The Labute approximate surface area is 128 Å². The predicted molar refractivity (Wildman–Crippen MR) is 84.6 cm³/mol. The first-order valence-corrected chi connectivity index (χ1v) is 8.60. The largest absolute Gasteiger partial charge is 0.316 e. The van der Waals surface area contributed by atoms with E-state index >= 15 is 0 Å². The lowest BCUT2D eigenvalue weighted by Crippen LogP contribution is -2.33. The highest BCUT2D eigenvalue weighted by molar-refractivity contribution is 7.89. The smallest absolute Gasteiger partial charge is 0.260 e. The molecule has 6 nitrogen and oxygen atoms in total. The van der Waals surface area contributed by atoms with Crippen molar-refractivity contribution < 1.29 is 8.42 Å². The van der Waals surface area contributed by atoms with Gasteiger partial charge in [0.1, 0.15) is 0 Å². The molecule has 7 heteroatoms. The molecule has 1 rings (SSSR count). The molecule has 120 valence electrons. The van der Waals surface area contributed by atoms with E-state index in [1.54, 1.807) is 18.3 Å². The fourth-order valence-electron chi connectivity index (χ4n) is 2.02. The summed E-state index contributed by atoms with van der Waals surface area (Å²) < 4.78 is 26.6. The van der Waals surface area contributed by atoms with Crippen molar-refractivity contribution in [2.75, 3.05) is 40.8 Å². The van der Waals surface area contributed by atoms with Gasteiger partial charge >= 0.3 is 0 Å².